The summed E-state index contributed by atoms with van der Waals surface area (Å²) in [6.07, 6.45) is 2.04. The fraction of sp³-hybridized carbons (Fsp3) is 0.278. The average Bonchev–Trinajstić information content (AvgIpc) is 3.03. The molecule has 0 radical (unpaired) electrons. The van der Waals surface area contributed by atoms with E-state index in [1.54, 1.807) is 23.6 Å². The van der Waals surface area contributed by atoms with E-state index < -0.39 is 0 Å². The molecule has 0 bridgehead atoms. The Kier molecular flexibility index (Phi) is 5.55. The highest BCUT2D eigenvalue weighted by atomic mass is 32.2. The molecule has 0 saturated heterocycles. The van der Waals surface area contributed by atoms with Gasteiger partial charge in [0.1, 0.15) is 23.9 Å². The molecular weight excluding hydrogens is 336 g/mol. The fourth-order valence-corrected chi connectivity index (χ4v) is 2.79. The second-order valence-electron chi connectivity index (χ2n) is 5.39. The number of rotatable bonds is 7. The van der Waals surface area contributed by atoms with E-state index in [1.807, 2.05) is 55.6 Å². The zero-order chi connectivity index (χ0) is 17.6. The summed E-state index contributed by atoms with van der Waals surface area (Å²) in [6, 6.07) is 13.3. The van der Waals surface area contributed by atoms with Gasteiger partial charge in [-0.25, -0.2) is 9.97 Å². The summed E-state index contributed by atoms with van der Waals surface area (Å²) in [7, 11) is 1.63. The fourth-order valence-electron chi connectivity index (χ4n) is 2.34. The minimum atomic E-state index is 0.285. The Labute approximate surface area is 151 Å². The van der Waals surface area contributed by atoms with E-state index in [1.165, 1.54) is 0 Å². The molecule has 0 atom stereocenters. The minimum Gasteiger partial charge on any atom is -0.497 e. The maximum absolute atomic E-state index is 5.80. The summed E-state index contributed by atoms with van der Waals surface area (Å²) in [5, 5.41) is 4.57. The monoisotopic (exact) mass is 356 g/mol. The van der Waals surface area contributed by atoms with Crippen molar-refractivity contribution in [3.63, 3.8) is 0 Å². The third-order valence-electron chi connectivity index (χ3n) is 3.49. The zero-order valence-electron chi connectivity index (χ0n) is 14.5. The van der Waals surface area contributed by atoms with E-state index in [2.05, 4.69) is 15.1 Å². The van der Waals surface area contributed by atoms with Gasteiger partial charge in [0.15, 0.2) is 11.6 Å². The third-order valence-corrected chi connectivity index (χ3v) is 4.04. The number of ether oxygens (including phenoxy) is 2. The molecule has 0 aliphatic rings. The first-order chi connectivity index (χ1) is 12.2. The Hall–Kier alpha value is -2.54. The van der Waals surface area contributed by atoms with Gasteiger partial charge >= 0.3 is 0 Å². The summed E-state index contributed by atoms with van der Waals surface area (Å²) in [5.74, 6) is 4.47. The van der Waals surface area contributed by atoms with E-state index in [9.17, 15) is 0 Å². The van der Waals surface area contributed by atoms with Crippen LogP contribution in [0, 0.1) is 6.92 Å². The van der Waals surface area contributed by atoms with E-state index in [4.69, 9.17) is 9.47 Å². The number of benzene rings is 1. The molecule has 0 unspecified atom stereocenters. The van der Waals surface area contributed by atoms with Crippen LogP contribution >= 0.6 is 11.8 Å². The topological polar surface area (TPSA) is 62.1 Å². The van der Waals surface area contributed by atoms with Gasteiger partial charge in [-0.05, 0) is 37.4 Å². The molecule has 3 rings (SSSR count). The quantitative estimate of drug-likeness (QED) is 0.646. The van der Waals surface area contributed by atoms with Crippen molar-refractivity contribution in [3.05, 3.63) is 59.8 Å². The predicted octanol–water partition coefficient (Wildman–Crippen LogP) is 3.42. The van der Waals surface area contributed by atoms with Crippen LogP contribution in [0.15, 0.2) is 42.5 Å². The lowest BCUT2D eigenvalue weighted by Crippen LogP contribution is -2.05. The predicted molar refractivity (Wildman–Crippen MR) is 98.4 cm³/mol. The number of thioether (sulfide) groups is 1. The normalized spacial score (nSPS) is 10.7. The highest BCUT2D eigenvalue weighted by molar-refractivity contribution is 7.97. The number of nitrogens with zero attached hydrogens (tertiary/aromatic N) is 4. The number of aromatic nitrogens is 4. The molecule has 130 valence electrons. The van der Waals surface area contributed by atoms with Crippen molar-refractivity contribution in [3.8, 4) is 17.3 Å². The molecule has 2 aromatic heterocycles. The number of hydrogen-bond donors (Lipinski definition) is 0. The first-order valence-corrected chi connectivity index (χ1v) is 9.23. The second kappa shape index (κ2) is 8.02. The molecule has 0 spiro atoms. The first-order valence-electron chi connectivity index (χ1n) is 7.84. The third kappa shape index (κ3) is 4.30. The van der Waals surface area contributed by atoms with Crippen molar-refractivity contribution >= 4 is 11.8 Å². The molecule has 0 amide bonds. The average molecular weight is 356 g/mol. The standard InChI is InChI=1S/C18H20N4O2S/c1-13-6-4-9-17(19-13)22-18(12-25-3)20-16(21-22)11-24-15-8-5-7-14(10-15)23-2/h4-10H,11-12H2,1-3H3. The Bertz CT molecular complexity index is 851. The van der Waals surface area contributed by atoms with Crippen molar-refractivity contribution in [1.29, 1.82) is 0 Å². The van der Waals surface area contributed by atoms with Gasteiger partial charge in [-0.2, -0.15) is 16.4 Å². The largest absolute Gasteiger partial charge is 0.497 e. The van der Waals surface area contributed by atoms with Gasteiger partial charge in [-0.1, -0.05) is 12.1 Å². The van der Waals surface area contributed by atoms with Gasteiger partial charge in [-0.15, -0.1) is 5.10 Å². The van der Waals surface area contributed by atoms with Gasteiger partial charge in [0, 0.05) is 11.8 Å². The summed E-state index contributed by atoms with van der Waals surface area (Å²) in [6.45, 7) is 2.24. The van der Waals surface area contributed by atoms with Crippen molar-refractivity contribution in [2.24, 2.45) is 0 Å². The van der Waals surface area contributed by atoms with Crippen LogP contribution in [0.3, 0.4) is 0 Å². The van der Waals surface area contributed by atoms with E-state index in [0.29, 0.717) is 5.82 Å². The molecule has 0 saturated carbocycles. The van der Waals surface area contributed by atoms with Gasteiger partial charge in [0.05, 0.1) is 12.9 Å². The van der Waals surface area contributed by atoms with Crippen LogP contribution in [-0.2, 0) is 12.4 Å². The second-order valence-corrected chi connectivity index (χ2v) is 6.26. The van der Waals surface area contributed by atoms with Crippen LogP contribution in [0.1, 0.15) is 17.3 Å². The Morgan fingerprint density at radius 3 is 2.64 bits per heavy atom. The minimum absolute atomic E-state index is 0.285. The van der Waals surface area contributed by atoms with Crippen LogP contribution in [-0.4, -0.2) is 33.1 Å². The molecule has 1 aromatic carbocycles. The van der Waals surface area contributed by atoms with Crippen molar-refractivity contribution in [2.45, 2.75) is 19.3 Å². The maximum Gasteiger partial charge on any atom is 0.188 e. The number of aryl methyl sites for hydroxylation is 1. The lowest BCUT2D eigenvalue weighted by atomic mass is 10.3. The summed E-state index contributed by atoms with van der Waals surface area (Å²) in [5.41, 5.74) is 0.942. The van der Waals surface area contributed by atoms with Crippen molar-refractivity contribution in [2.75, 3.05) is 13.4 Å². The zero-order valence-corrected chi connectivity index (χ0v) is 15.3. The van der Waals surface area contributed by atoms with Crippen LogP contribution in [0.25, 0.3) is 5.82 Å². The number of methoxy groups -OCH3 is 1. The van der Waals surface area contributed by atoms with Gasteiger partial charge in [0.2, 0.25) is 0 Å². The molecule has 7 heteroatoms. The van der Waals surface area contributed by atoms with Crippen LogP contribution in [0.2, 0.25) is 0 Å². The molecule has 0 aliphatic heterocycles. The highest BCUT2D eigenvalue weighted by Crippen LogP contribution is 2.20. The van der Waals surface area contributed by atoms with Gasteiger partial charge in [0.25, 0.3) is 0 Å². The number of hydrogen-bond acceptors (Lipinski definition) is 6. The lowest BCUT2D eigenvalue weighted by Gasteiger charge is -2.05. The van der Waals surface area contributed by atoms with E-state index in [0.717, 1.165) is 34.6 Å². The Balaban J connectivity index is 1.81. The Morgan fingerprint density at radius 1 is 1.08 bits per heavy atom. The molecule has 0 fully saturated rings. The molecule has 2 heterocycles. The summed E-state index contributed by atoms with van der Waals surface area (Å²) < 4.78 is 12.8. The maximum atomic E-state index is 5.80. The van der Waals surface area contributed by atoms with Crippen LogP contribution < -0.4 is 9.47 Å². The van der Waals surface area contributed by atoms with Crippen LogP contribution in [0.4, 0.5) is 0 Å². The summed E-state index contributed by atoms with van der Waals surface area (Å²) >= 11 is 1.69. The summed E-state index contributed by atoms with van der Waals surface area (Å²) in [4.78, 5) is 9.13. The molecule has 0 N–H and O–H groups in total. The van der Waals surface area contributed by atoms with Crippen LogP contribution in [0.5, 0.6) is 11.5 Å². The first kappa shape index (κ1) is 17.3. The molecular formula is C18H20N4O2S. The Morgan fingerprint density at radius 2 is 1.88 bits per heavy atom. The van der Waals surface area contributed by atoms with Crippen molar-refractivity contribution < 1.29 is 9.47 Å². The van der Waals surface area contributed by atoms with E-state index >= 15 is 0 Å². The molecule has 25 heavy (non-hydrogen) atoms. The van der Waals surface area contributed by atoms with Crippen molar-refractivity contribution in [1.82, 2.24) is 19.7 Å². The molecule has 3 aromatic rings. The number of pyridine rings is 1. The lowest BCUT2D eigenvalue weighted by molar-refractivity contribution is 0.293. The smallest absolute Gasteiger partial charge is 0.188 e. The molecule has 0 aliphatic carbocycles. The van der Waals surface area contributed by atoms with E-state index in [-0.39, 0.29) is 6.61 Å². The molecule has 6 nitrogen and oxygen atoms in total. The van der Waals surface area contributed by atoms with Gasteiger partial charge in [-0.3, -0.25) is 0 Å². The highest BCUT2D eigenvalue weighted by Gasteiger charge is 2.13. The SMILES string of the molecule is COc1cccc(OCc2nc(CSC)n(-c3cccc(C)n3)n2)c1. The van der Waals surface area contributed by atoms with Gasteiger partial charge < -0.3 is 9.47 Å².